The van der Waals surface area contributed by atoms with Crippen LogP contribution in [-0.2, 0) is 6.42 Å². The molecular weight excluding hydrogens is 246 g/mol. The minimum atomic E-state index is 0.725. The SMILES string of the molecule is CCC1CN(C)CCCN1CCCc1cccc(N)c1. The van der Waals surface area contributed by atoms with Gasteiger partial charge < -0.3 is 10.6 Å². The van der Waals surface area contributed by atoms with E-state index >= 15 is 0 Å². The van der Waals surface area contributed by atoms with Crippen LogP contribution in [0.5, 0.6) is 0 Å². The van der Waals surface area contributed by atoms with Gasteiger partial charge >= 0.3 is 0 Å². The third-order valence-electron chi connectivity index (χ3n) is 4.36. The zero-order valence-electron chi connectivity index (χ0n) is 13.0. The summed E-state index contributed by atoms with van der Waals surface area (Å²) < 4.78 is 0. The van der Waals surface area contributed by atoms with Crippen molar-refractivity contribution in [2.24, 2.45) is 0 Å². The summed E-state index contributed by atoms with van der Waals surface area (Å²) in [4.78, 5) is 5.17. The van der Waals surface area contributed by atoms with Crippen LogP contribution in [0.25, 0.3) is 0 Å². The van der Waals surface area contributed by atoms with E-state index in [9.17, 15) is 0 Å². The van der Waals surface area contributed by atoms with Crippen molar-refractivity contribution in [2.45, 2.75) is 38.6 Å². The van der Waals surface area contributed by atoms with Crippen molar-refractivity contribution in [3.8, 4) is 0 Å². The maximum atomic E-state index is 5.84. The molecule has 0 spiro atoms. The Labute approximate surface area is 123 Å². The number of aryl methyl sites for hydroxylation is 1. The molecule has 0 aliphatic carbocycles. The van der Waals surface area contributed by atoms with E-state index < -0.39 is 0 Å². The lowest BCUT2D eigenvalue weighted by atomic mass is 10.1. The number of hydrogen-bond donors (Lipinski definition) is 1. The molecule has 1 fully saturated rings. The molecule has 3 nitrogen and oxygen atoms in total. The van der Waals surface area contributed by atoms with E-state index in [1.807, 2.05) is 6.07 Å². The molecule has 0 bridgehead atoms. The first-order valence-electron chi connectivity index (χ1n) is 7.96. The number of anilines is 1. The summed E-state index contributed by atoms with van der Waals surface area (Å²) in [7, 11) is 2.25. The van der Waals surface area contributed by atoms with E-state index in [1.54, 1.807) is 0 Å². The standard InChI is InChI=1S/C17H29N3/c1-3-17-14-19(2)10-6-12-20(17)11-5-8-15-7-4-9-16(18)13-15/h4,7,9,13,17H,3,5-6,8,10-12,14,18H2,1-2H3. The molecule has 1 atom stereocenters. The molecule has 0 aromatic heterocycles. The van der Waals surface area contributed by atoms with Gasteiger partial charge in [0.05, 0.1) is 0 Å². The summed E-state index contributed by atoms with van der Waals surface area (Å²) in [6.07, 6.45) is 4.91. The van der Waals surface area contributed by atoms with Crippen LogP contribution in [-0.4, -0.2) is 49.1 Å². The highest BCUT2D eigenvalue weighted by atomic mass is 15.2. The van der Waals surface area contributed by atoms with Crippen molar-refractivity contribution in [1.29, 1.82) is 0 Å². The van der Waals surface area contributed by atoms with Crippen molar-refractivity contribution in [3.05, 3.63) is 29.8 Å². The van der Waals surface area contributed by atoms with Crippen LogP contribution in [0.15, 0.2) is 24.3 Å². The van der Waals surface area contributed by atoms with Crippen LogP contribution in [0.4, 0.5) is 5.69 Å². The Kier molecular flexibility index (Phi) is 5.86. The van der Waals surface area contributed by atoms with Gasteiger partial charge in [-0.05, 0) is 70.1 Å². The number of nitrogens with zero attached hydrogens (tertiary/aromatic N) is 2. The number of nitrogens with two attached hydrogens (primary N) is 1. The highest BCUT2D eigenvalue weighted by Crippen LogP contribution is 2.14. The topological polar surface area (TPSA) is 32.5 Å². The van der Waals surface area contributed by atoms with E-state index in [2.05, 4.69) is 42.0 Å². The Morgan fingerprint density at radius 2 is 2.15 bits per heavy atom. The van der Waals surface area contributed by atoms with Crippen molar-refractivity contribution in [1.82, 2.24) is 9.80 Å². The lowest BCUT2D eigenvalue weighted by Crippen LogP contribution is -2.40. The Bertz CT molecular complexity index is 405. The van der Waals surface area contributed by atoms with Gasteiger partial charge in [-0.2, -0.15) is 0 Å². The molecule has 20 heavy (non-hydrogen) atoms. The first-order valence-corrected chi connectivity index (χ1v) is 7.96. The largest absolute Gasteiger partial charge is 0.399 e. The Balaban J connectivity index is 1.82. The Morgan fingerprint density at radius 3 is 2.90 bits per heavy atom. The molecule has 1 unspecified atom stereocenters. The highest BCUT2D eigenvalue weighted by molar-refractivity contribution is 5.40. The number of benzene rings is 1. The van der Waals surface area contributed by atoms with Gasteiger partial charge in [0.1, 0.15) is 0 Å². The third-order valence-corrected chi connectivity index (χ3v) is 4.36. The van der Waals surface area contributed by atoms with Crippen molar-refractivity contribution >= 4 is 5.69 Å². The summed E-state index contributed by atoms with van der Waals surface area (Å²) in [5.41, 5.74) is 8.08. The first kappa shape index (κ1) is 15.3. The van der Waals surface area contributed by atoms with Gasteiger partial charge in [-0.15, -0.1) is 0 Å². The van der Waals surface area contributed by atoms with E-state index in [-0.39, 0.29) is 0 Å². The predicted octanol–water partition coefficient (Wildman–Crippen LogP) is 2.62. The van der Waals surface area contributed by atoms with Crippen LogP contribution < -0.4 is 5.73 Å². The molecule has 1 aromatic carbocycles. The van der Waals surface area contributed by atoms with Crippen LogP contribution in [0.2, 0.25) is 0 Å². The second kappa shape index (κ2) is 7.65. The Hall–Kier alpha value is -1.06. The molecule has 2 N–H and O–H groups in total. The minimum absolute atomic E-state index is 0.725. The maximum Gasteiger partial charge on any atom is 0.0316 e. The first-order chi connectivity index (χ1) is 9.69. The number of hydrogen-bond acceptors (Lipinski definition) is 3. The average Bonchev–Trinajstić information content (AvgIpc) is 2.60. The van der Waals surface area contributed by atoms with Gasteiger partial charge in [-0.1, -0.05) is 19.1 Å². The molecule has 1 aromatic rings. The molecule has 1 aliphatic heterocycles. The zero-order chi connectivity index (χ0) is 14.4. The Morgan fingerprint density at radius 1 is 1.30 bits per heavy atom. The van der Waals surface area contributed by atoms with Crippen LogP contribution in [0.3, 0.4) is 0 Å². The third kappa shape index (κ3) is 4.50. The molecular formula is C17H29N3. The van der Waals surface area contributed by atoms with Crippen LogP contribution >= 0.6 is 0 Å². The predicted molar refractivity (Wildman–Crippen MR) is 86.9 cm³/mol. The average molecular weight is 275 g/mol. The summed E-state index contributed by atoms with van der Waals surface area (Å²) in [5, 5.41) is 0. The minimum Gasteiger partial charge on any atom is -0.399 e. The van der Waals surface area contributed by atoms with Gasteiger partial charge in [-0.25, -0.2) is 0 Å². The van der Waals surface area contributed by atoms with Crippen molar-refractivity contribution in [2.75, 3.05) is 39.0 Å². The summed E-state index contributed by atoms with van der Waals surface area (Å²) in [5.74, 6) is 0. The van der Waals surface area contributed by atoms with E-state index in [4.69, 9.17) is 5.73 Å². The molecule has 1 saturated heterocycles. The van der Waals surface area contributed by atoms with Gasteiger partial charge in [0.25, 0.3) is 0 Å². The zero-order valence-corrected chi connectivity index (χ0v) is 13.0. The summed E-state index contributed by atoms with van der Waals surface area (Å²) in [6.45, 7) is 7.23. The summed E-state index contributed by atoms with van der Waals surface area (Å²) >= 11 is 0. The van der Waals surface area contributed by atoms with Crippen molar-refractivity contribution < 1.29 is 0 Å². The smallest absolute Gasteiger partial charge is 0.0316 e. The van der Waals surface area contributed by atoms with Crippen LogP contribution in [0, 0.1) is 0 Å². The fraction of sp³-hybridized carbons (Fsp3) is 0.647. The lowest BCUT2D eigenvalue weighted by molar-refractivity contribution is 0.182. The molecule has 1 heterocycles. The van der Waals surface area contributed by atoms with Gasteiger partial charge in [0.2, 0.25) is 0 Å². The van der Waals surface area contributed by atoms with E-state index in [0.717, 1.165) is 18.2 Å². The van der Waals surface area contributed by atoms with Crippen molar-refractivity contribution in [3.63, 3.8) is 0 Å². The van der Waals surface area contributed by atoms with Gasteiger partial charge in [-0.3, -0.25) is 4.90 Å². The molecule has 0 amide bonds. The van der Waals surface area contributed by atoms with E-state index in [1.165, 1.54) is 51.0 Å². The monoisotopic (exact) mass is 275 g/mol. The molecule has 0 radical (unpaired) electrons. The summed E-state index contributed by atoms with van der Waals surface area (Å²) in [6, 6.07) is 9.03. The number of nitrogen functional groups attached to an aromatic ring is 1. The quantitative estimate of drug-likeness (QED) is 0.839. The van der Waals surface area contributed by atoms with Crippen LogP contribution in [0.1, 0.15) is 31.7 Å². The number of likely N-dealkylation sites (N-methyl/N-ethyl adjacent to an activating group) is 1. The second-order valence-electron chi connectivity index (χ2n) is 6.06. The fourth-order valence-corrected chi connectivity index (χ4v) is 3.21. The lowest BCUT2D eigenvalue weighted by Gasteiger charge is -2.30. The highest BCUT2D eigenvalue weighted by Gasteiger charge is 2.21. The molecule has 3 heteroatoms. The number of rotatable bonds is 5. The molecule has 0 saturated carbocycles. The van der Waals surface area contributed by atoms with Gasteiger partial charge in [0, 0.05) is 18.3 Å². The maximum absolute atomic E-state index is 5.84. The van der Waals surface area contributed by atoms with E-state index in [0.29, 0.717) is 0 Å². The normalized spacial score (nSPS) is 21.8. The molecule has 112 valence electrons. The second-order valence-corrected chi connectivity index (χ2v) is 6.06. The fourth-order valence-electron chi connectivity index (χ4n) is 3.21. The van der Waals surface area contributed by atoms with Gasteiger partial charge in [0.15, 0.2) is 0 Å². The molecule has 2 rings (SSSR count). The molecule has 1 aliphatic rings.